The first kappa shape index (κ1) is 43.3. The summed E-state index contributed by atoms with van der Waals surface area (Å²) < 4.78 is 42.9. The van der Waals surface area contributed by atoms with Crippen LogP contribution in [-0.2, 0) is 13.0 Å². The molecule has 0 aliphatic carbocycles. The number of rotatable bonds is 10. The van der Waals surface area contributed by atoms with Gasteiger partial charge in [-0.15, -0.1) is 13.2 Å². The highest BCUT2D eigenvalue weighted by Gasteiger charge is 2.31. The molecule has 7 aromatic rings. The summed E-state index contributed by atoms with van der Waals surface area (Å²) in [5, 5.41) is 8.02. The number of para-hydroxylation sites is 1. The molecule has 9 rings (SSSR count). The molecule has 2 saturated heterocycles. The van der Waals surface area contributed by atoms with E-state index in [1.165, 1.54) is 50.2 Å². The molecular formula is C49H50ClF3N8O2. The first-order valence-corrected chi connectivity index (χ1v) is 21.9. The van der Waals surface area contributed by atoms with E-state index in [9.17, 15) is 18.0 Å². The minimum absolute atomic E-state index is 0.200. The molecule has 0 atom stereocenters. The third kappa shape index (κ3) is 10.8. The number of halogens is 4. The maximum atomic E-state index is 13.0. The summed E-state index contributed by atoms with van der Waals surface area (Å²) in [6.45, 7) is 8.30. The van der Waals surface area contributed by atoms with Crippen molar-refractivity contribution in [3.05, 3.63) is 149 Å². The second kappa shape index (κ2) is 19.4. The van der Waals surface area contributed by atoms with Gasteiger partial charge in [-0.25, -0.2) is 15.0 Å². The van der Waals surface area contributed by atoms with Crippen LogP contribution in [0.25, 0.3) is 16.6 Å². The van der Waals surface area contributed by atoms with E-state index in [0.717, 1.165) is 76.7 Å². The Morgan fingerprint density at radius 3 is 2.14 bits per heavy atom. The van der Waals surface area contributed by atoms with E-state index in [2.05, 4.69) is 82.6 Å². The van der Waals surface area contributed by atoms with Crippen molar-refractivity contribution in [1.82, 2.24) is 24.7 Å². The number of hydrogen-bond donors (Lipinski definition) is 2. The number of carbonyl (C=O) groups excluding carboxylic acids is 1. The highest BCUT2D eigenvalue weighted by molar-refractivity contribution is 6.30. The lowest BCUT2D eigenvalue weighted by molar-refractivity contribution is -0.274. The van der Waals surface area contributed by atoms with Crippen molar-refractivity contribution in [2.24, 2.45) is 0 Å². The zero-order valence-corrected chi connectivity index (χ0v) is 36.1. The molecule has 14 heteroatoms. The van der Waals surface area contributed by atoms with Crippen LogP contribution in [0.5, 0.6) is 5.75 Å². The van der Waals surface area contributed by atoms with Crippen molar-refractivity contribution in [1.29, 1.82) is 0 Å². The Morgan fingerprint density at radius 1 is 0.794 bits per heavy atom. The maximum absolute atomic E-state index is 13.0. The number of piperidine rings is 2. The zero-order valence-electron chi connectivity index (χ0n) is 35.3. The number of fused-ring (bicyclic) bond motifs is 2. The van der Waals surface area contributed by atoms with Crippen LogP contribution in [0, 0.1) is 6.92 Å². The fraction of sp³-hybridized carbons (Fsp3) is 0.306. The Hall–Kier alpha value is -6.34. The van der Waals surface area contributed by atoms with E-state index in [-0.39, 0.29) is 17.6 Å². The Bertz CT molecular complexity index is 2640. The smallest absolute Gasteiger partial charge is 0.406 e. The van der Waals surface area contributed by atoms with E-state index in [0.29, 0.717) is 29.3 Å². The second-order valence-corrected chi connectivity index (χ2v) is 16.4. The van der Waals surface area contributed by atoms with Gasteiger partial charge >= 0.3 is 6.36 Å². The average molecular weight is 875 g/mol. The summed E-state index contributed by atoms with van der Waals surface area (Å²) in [7, 11) is 0. The molecule has 63 heavy (non-hydrogen) atoms. The Morgan fingerprint density at radius 2 is 1.46 bits per heavy atom. The Balaban J connectivity index is 0.000000193. The van der Waals surface area contributed by atoms with Gasteiger partial charge in [-0.1, -0.05) is 54.9 Å². The number of aromatic nitrogens is 4. The molecule has 2 aliphatic rings. The molecule has 10 nitrogen and oxygen atoms in total. The predicted octanol–water partition coefficient (Wildman–Crippen LogP) is 11.4. The van der Waals surface area contributed by atoms with Crippen molar-refractivity contribution in [2.45, 2.75) is 71.2 Å². The summed E-state index contributed by atoms with van der Waals surface area (Å²) >= 11 is 6.14. The van der Waals surface area contributed by atoms with E-state index < -0.39 is 6.36 Å². The minimum Gasteiger partial charge on any atom is -0.406 e. The largest absolute Gasteiger partial charge is 0.573 e. The molecule has 2 fully saturated rings. The number of ether oxygens (including phenoxy) is 1. The molecular weight excluding hydrogens is 825 g/mol. The molecule has 326 valence electrons. The van der Waals surface area contributed by atoms with Crippen LogP contribution >= 0.6 is 11.6 Å². The van der Waals surface area contributed by atoms with E-state index in [1.54, 1.807) is 34.9 Å². The topological polar surface area (TPSA) is 99.9 Å². The molecule has 0 spiro atoms. The third-order valence-electron chi connectivity index (χ3n) is 11.6. The average Bonchev–Trinajstić information content (AvgIpc) is 3.67. The normalized spacial score (nSPS) is 14.6. The lowest BCUT2D eigenvalue weighted by atomic mass is 9.89. The number of anilines is 4. The minimum atomic E-state index is -4.68. The summed E-state index contributed by atoms with van der Waals surface area (Å²) in [6, 6.07) is 34.6. The maximum Gasteiger partial charge on any atom is 0.573 e. The molecule has 4 aromatic carbocycles. The number of pyridine rings is 1. The van der Waals surface area contributed by atoms with Crippen LogP contribution in [0.2, 0.25) is 5.02 Å². The van der Waals surface area contributed by atoms with Gasteiger partial charge in [-0.3, -0.25) is 9.20 Å². The Kier molecular flexibility index (Phi) is 13.3. The SMILES string of the molecule is CCc1nc2ccc(Cl)cn2c1C(=O)NCc1ccc(N2CCC(c3ccc(OC(F)(F)F)cc3)CC2)cc1.Cc1nc(Nc2ccc(N3CCCCC3)cc2)c2ccccc2n1. The van der Waals surface area contributed by atoms with Crippen LogP contribution in [0.3, 0.4) is 0 Å². The number of alkyl halides is 3. The number of benzene rings is 4. The van der Waals surface area contributed by atoms with Crippen LogP contribution in [0.4, 0.5) is 36.1 Å². The molecule has 0 saturated carbocycles. The van der Waals surface area contributed by atoms with Crippen molar-refractivity contribution in [3.8, 4) is 5.75 Å². The van der Waals surface area contributed by atoms with Gasteiger partial charge in [0.1, 0.15) is 28.7 Å². The van der Waals surface area contributed by atoms with Crippen molar-refractivity contribution >= 4 is 56.9 Å². The molecule has 0 radical (unpaired) electrons. The highest BCUT2D eigenvalue weighted by Crippen LogP contribution is 2.33. The lowest BCUT2D eigenvalue weighted by Crippen LogP contribution is -2.32. The van der Waals surface area contributed by atoms with Gasteiger partial charge in [0.15, 0.2) is 0 Å². The van der Waals surface area contributed by atoms with E-state index in [4.69, 9.17) is 11.6 Å². The summed E-state index contributed by atoms with van der Waals surface area (Å²) in [5.41, 5.74) is 8.34. The first-order chi connectivity index (χ1) is 30.5. The lowest BCUT2D eigenvalue weighted by Gasteiger charge is -2.34. The number of carbonyl (C=O) groups is 1. The van der Waals surface area contributed by atoms with Crippen LogP contribution in [0.15, 0.2) is 115 Å². The molecule has 3 aromatic heterocycles. The van der Waals surface area contributed by atoms with Gasteiger partial charge in [-0.2, -0.15) is 0 Å². The Labute approximate surface area is 370 Å². The fourth-order valence-electron chi connectivity index (χ4n) is 8.39. The van der Waals surface area contributed by atoms with Gasteiger partial charge in [0, 0.05) is 61.4 Å². The quantitative estimate of drug-likeness (QED) is 0.140. The van der Waals surface area contributed by atoms with E-state index in [1.807, 2.05) is 44.2 Å². The molecule has 0 unspecified atom stereocenters. The summed E-state index contributed by atoms with van der Waals surface area (Å²) in [4.78, 5) is 31.4. The number of nitrogens with zero attached hydrogens (tertiary/aromatic N) is 6. The number of hydrogen-bond acceptors (Lipinski definition) is 8. The molecule has 0 bridgehead atoms. The van der Waals surface area contributed by atoms with Gasteiger partial charge < -0.3 is 25.2 Å². The first-order valence-electron chi connectivity index (χ1n) is 21.5. The third-order valence-corrected chi connectivity index (χ3v) is 11.8. The number of imidazole rings is 1. The van der Waals surface area contributed by atoms with E-state index >= 15 is 0 Å². The summed E-state index contributed by atoms with van der Waals surface area (Å²) in [6.07, 6.45) is 3.41. The van der Waals surface area contributed by atoms with Crippen molar-refractivity contribution in [3.63, 3.8) is 0 Å². The van der Waals surface area contributed by atoms with Crippen molar-refractivity contribution in [2.75, 3.05) is 41.3 Å². The van der Waals surface area contributed by atoms with Gasteiger partial charge in [0.25, 0.3) is 5.91 Å². The van der Waals surface area contributed by atoms with Crippen LogP contribution in [0.1, 0.15) is 78.1 Å². The molecule has 2 aliphatic heterocycles. The van der Waals surface area contributed by atoms with Gasteiger partial charge in [0.05, 0.1) is 16.2 Å². The number of aryl methyl sites for hydroxylation is 2. The monoisotopic (exact) mass is 874 g/mol. The number of nitrogens with one attached hydrogen (secondary N) is 2. The van der Waals surface area contributed by atoms with Crippen LogP contribution < -0.4 is 25.2 Å². The van der Waals surface area contributed by atoms with Gasteiger partial charge in [0.2, 0.25) is 0 Å². The zero-order chi connectivity index (χ0) is 43.9. The van der Waals surface area contributed by atoms with Gasteiger partial charge in [-0.05, 0) is 135 Å². The van der Waals surface area contributed by atoms with Crippen LogP contribution in [-0.4, -0.2) is 57.8 Å². The number of amides is 1. The molecule has 1 amide bonds. The molecule has 5 heterocycles. The molecule has 2 N–H and O–H groups in total. The predicted molar refractivity (Wildman–Crippen MR) is 245 cm³/mol. The van der Waals surface area contributed by atoms with Crippen molar-refractivity contribution < 1.29 is 22.7 Å². The standard InChI is InChI=1S/C29H28ClF3N4O2.C20H22N4/c1-2-25-27(37-18-22(30)7-12-26(37)35-25)28(38)34-17-19-3-8-23(9-4-19)36-15-13-21(14-16-36)20-5-10-24(11-6-20)39-29(31,32)33;1-15-21-19-8-4-3-7-18(19)20(22-15)23-16-9-11-17(12-10-16)24-13-5-2-6-14-24/h3-12,18,21H,2,13-17H2,1H3,(H,34,38);3-4,7-12H,2,5-6,13-14H2,1H3,(H,21,22,23). The highest BCUT2D eigenvalue weighted by atomic mass is 35.5. The summed E-state index contributed by atoms with van der Waals surface area (Å²) in [5.74, 6) is 1.53. The fourth-order valence-corrected chi connectivity index (χ4v) is 8.55. The second-order valence-electron chi connectivity index (χ2n) is 15.9.